The number of nitrogens with zero attached hydrogens (tertiary/aromatic N) is 2. The molecule has 0 aliphatic heterocycles. The first kappa shape index (κ1) is 14.2. The summed E-state index contributed by atoms with van der Waals surface area (Å²) in [6.07, 6.45) is 7.34. The summed E-state index contributed by atoms with van der Waals surface area (Å²) >= 11 is 4.83. The predicted molar refractivity (Wildman–Crippen MR) is 85.6 cm³/mol. The minimum absolute atomic E-state index is 0.237. The van der Waals surface area contributed by atoms with Gasteiger partial charge in [0.05, 0.1) is 11.1 Å². The quantitative estimate of drug-likeness (QED) is 0.881. The molecule has 4 nitrogen and oxygen atoms in total. The molecule has 2 aromatic heterocycles. The number of thiophene rings is 1. The Bertz CT molecular complexity index is 748. The number of hydrogen-bond donors (Lipinski definition) is 1. The molecule has 0 spiro atoms. The van der Waals surface area contributed by atoms with Crippen LogP contribution in [0.25, 0.3) is 0 Å². The number of amides is 1. The molecule has 0 saturated heterocycles. The molecule has 1 N–H and O–H groups in total. The number of anilines is 1. The number of halogens is 1. The van der Waals surface area contributed by atoms with Crippen molar-refractivity contribution in [2.24, 2.45) is 0 Å². The molecule has 0 unspecified atom stereocenters. The van der Waals surface area contributed by atoms with Gasteiger partial charge in [-0.2, -0.15) is 5.26 Å². The van der Waals surface area contributed by atoms with Crippen molar-refractivity contribution in [3.05, 3.63) is 44.5 Å². The van der Waals surface area contributed by atoms with Gasteiger partial charge in [-0.3, -0.25) is 9.78 Å². The van der Waals surface area contributed by atoms with Crippen LogP contribution in [0.3, 0.4) is 0 Å². The Morgan fingerprint density at radius 3 is 2.95 bits per heavy atom. The molecule has 0 fully saturated rings. The zero-order chi connectivity index (χ0) is 14.8. The third-order valence-electron chi connectivity index (χ3n) is 3.48. The van der Waals surface area contributed by atoms with Crippen LogP contribution in [0.2, 0.25) is 0 Å². The van der Waals surface area contributed by atoms with Crippen LogP contribution in [-0.4, -0.2) is 10.9 Å². The molecule has 0 bridgehead atoms. The lowest BCUT2D eigenvalue weighted by atomic mass is 9.96. The predicted octanol–water partition coefficient (Wildman–Crippen LogP) is 3.91. The maximum absolute atomic E-state index is 12.3. The number of pyridine rings is 1. The normalized spacial score (nSPS) is 13.3. The summed E-state index contributed by atoms with van der Waals surface area (Å²) in [5.74, 6) is -0.237. The first-order valence-electron chi connectivity index (χ1n) is 6.65. The Kier molecular flexibility index (Phi) is 4.04. The molecular formula is C15H12BrN3OS. The second kappa shape index (κ2) is 5.96. The van der Waals surface area contributed by atoms with Crippen molar-refractivity contribution >= 4 is 38.2 Å². The fraction of sp³-hybridized carbons (Fsp3) is 0.267. The maximum Gasteiger partial charge on any atom is 0.257 e. The molecule has 1 aliphatic rings. The number of nitrogens with one attached hydrogen (secondary N) is 1. The van der Waals surface area contributed by atoms with Crippen LogP contribution in [0.4, 0.5) is 5.00 Å². The van der Waals surface area contributed by atoms with E-state index in [1.165, 1.54) is 22.4 Å². The van der Waals surface area contributed by atoms with E-state index in [4.69, 9.17) is 0 Å². The highest BCUT2D eigenvalue weighted by Gasteiger charge is 2.22. The van der Waals surface area contributed by atoms with Gasteiger partial charge in [0.15, 0.2) is 0 Å². The Morgan fingerprint density at radius 2 is 2.19 bits per heavy atom. The maximum atomic E-state index is 12.3. The molecule has 6 heteroatoms. The van der Waals surface area contributed by atoms with Crippen molar-refractivity contribution in [1.82, 2.24) is 4.98 Å². The van der Waals surface area contributed by atoms with Crippen LogP contribution in [-0.2, 0) is 12.8 Å². The van der Waals surface area contributed by atoms with Gasteiger partial charge < -0.3 is 5.32 Å². The molecule has 0 aromatic carbocycles. The first-order valence-corrected chi connectivity index (χ1v) is 8.26. The van der Waals surface area contributed by atoms with Crippen molar-refractivity contribution < 1.29 is 4.79 Å². The van der Waals surface area contributed by atoms with Crippen LogP contribution in [0.1, 0.15) is 39.2 Å². The van der Waals surface area contributed by atoms with Crippen molar-refractivity contribution in [1.29, 1.82) is 5.26 Å². The number of fused-ring (bicyclic) bond motifs is 1. The van der Waals surface area contributed by atoms with E-state index in [1.807, 2.05) is 0 Å². The summed E-state index contributed by atoms with van der Waals surface area (Å²) in [5, 5.41) is 12.9. The summed E-state index contributed by atoms with van der Waals surface area (Å²) in [6.45, 7) is 0. The van der Waals surface area contributed by atoms with Crippen LogP contribution < -0.4 is 5.32 Å². The van der Waals surface area contributed by atoms with Gasteiger partial charge in [-0.1, -0.05) is 0 Å². The number of rotatable bonds is 2. The minimum Gasteiger partial charge on any atom is -0.312 e. The average molecular weight is 362 g/mol. The second-order valence-electron chi connectivity index (χ2n) is 4.87. The molecule has 0 atom stereocenters. The van der Waals surface area contributed by atoms with Crippen LogP contribution in [0.5, 0.6) is 0 Å². The Hall–Kier alpha value is -1.71. The zero-order valence-electron chi connectivity index (χ0n) is 11.1. The van der Waals surface area contributed by atoms with Crippen molar-refractivity contribution in [3.8, 4) is 6.07 Å². The third kappa shape index (κ3) is 2.85. The molecule has 106 valence electrons. The van der Waals surface area contributed by atoms with E-state index < -0.39 is 0 Å². The summed E-state index contributed by atoms with van der Waals surface area (Å²) in [7, 11) is 0. The van der Waals surface area contributed by atoms with E-state index in [0.29, 0.717) is 16.1 Å². The van der Waals surface area contributed by atoms with E-state index in [0.717, 1.165) is 35.7 Å². The monoisotopic (exact) mass is 361 g/mol. The fourth-order valence-electron chi connectivity index (χ4n) is 2.48. The van der Waals surface area contributed by atoms with Crippen molar-refractivity contribution in [2.45, 2.75) is 25.7 Å². The van der Waals surface area contributed by atoms with Crippen molar-refractivity contribution in [2.75, 3.05) is 5.32 Å². The third-order valence-corrected chi connectivity index (χ3v) is 5.12. The largest absolute Gasteiger partial charge is 0.312 e. The van der Waals surface area contributed by atoms with Gasteiger partial charge in [0.1, 0.15) is 11.1 Å². The number of aromatic nitrogens is 1. The van der Waals surface area contributed by atoms with Crippen LogP contribution in [0.15, 0.2) is 22.9 Å². The lowest BCUT2D eigenvalue weighted by molar-refractivity contribution is 0.102. The van der Waals surface area contributed by atoms with E-state index in [-0.39, 0.29) is 5.91 Å². The first-order chi connectivity index (χ1) is 10.2. The summed E-state index contributed by atoms with van der Waals surface area (Å²) in [5.41, 5.74) is 2.22. The summed E-state index contributed by atoms with van der Waals surface area (Å²) < 4.78 is 0.751. The SMILES string of the molecule is N#Cc1c(NC(=O)c2cncc(Br)c2)sc2c1CCCC2. The van der Waals surface area contributed by atoms with Gasteiger partial charge >= 0.3 is 0 Å². The topological polar surface area (TPSA) is 65.8 Å². The van der Waals surface area contributed by atoms with Gasteiger partial charge in [-0.25, -0.2) is 0 Å². The number of nitriles is 1. The smallest absolute Gasteiger partial charge is 0.257 e. The Labute approximate surface area is 135 Å². The molecule has 1 amide bonds. The fourth-order valence-corrected chi connectivity index (χ4v) is 4.08. The highest BCUT2D eigenvalue weighted by atomic mass is 79.9. The summed E-state index contributed by atoms with van der Waals surface area (Å²) in [4.78, 5) is 17.5. The van der Waals surface area contributed by atoms with Gasteiger partial charge in [-0.05, 0) is 53.2 Å². The standard InChI is InChI=1S/C15H12BrN3OS/c16-10-5-9(7-18-8-10)14(20)19-15-12(6-17)11-3-1-2-4-13(11)21-15/h5,7-8H,1-4H2,(H,19,20). The van der Waals surface area contributed by atoms with Crippen LogP contribution in [0, 0.1) is 11.3 Å². The van der Waals surface area contributed by atoms with Gasteiger partial charge in [0.25, 0.3) is 5.91 Å². The van der Waals surface area contributed by atoms with Gasteiger partial charge in [-0.15, -0.1) is 11.3 Å². The van der Waals surface area contributed by atoms with Gasteiger partial charge in [0, 0.05) is 21.7 Å². The molecule has 21 heavy (non-hydrogen) atoms. The molecule has 2 aromatic rings. The average Bonchev–Trinajstić information content (AvgIpc) is 2.84. The number of carbonyl (C=O) groups excluding carboxylic acids is 1. The molecule has 0 saturated carbocycles. The van der Waals surface area contributed by atoms with E-state index in [2.05, 4.69) is 32.3 Å². The highest BCUT2D eigenvalue weighted by molar-refractivity contribution is 9.10. The summed E-state index contributed by atoms with van der Waals surface area (Å²) in [6, 6.07) is 3.95. The molecule has 1 aliphatic carbocycles. The van der Waals surface area contributed by atoms with E-state index in [1.54, 1.807) is 12.3 Å². The number of carbonyl (C=O) groups is 1. The molecule has 0 radical (unpaired) electrons. The zero-order valence-corrected chi connectivity index (χ0v) is 13.6. The Balaban J connectivity index is 1.90. The molecular weight excluding hydrogens is 350 g/mol. The highest BCUT2D eigenvalue weighted by Crippen LogP contribution is 2.37. The van der Waals surface area contributed by atoms with Crippen LogP contribution >= 0.6 is 27.3 Å². The van der Waals surface area contributed by atoms with E-state index >= 15 is 0 Å². The second-order valence-corrected chi connectivity index (χ2v) is 6.89. The number of aryl methyl sites for hydroxylation is 1. The van der Waals surface area contributed by atoms with Gasteiger partial charge in [0.2, 0.25) is 0 Å². The molecule has 2 heterocycles. The van der Waals surface area contributed by atoms with Crippen molar-refractivity contribution in [3.63, 3.8) is 0 Å². The Morgan fingerprint density at radius 1 is 1.38 bits per heavy atom. The molecule has 3 rings (SSSR count). The number of hydrogen-bond acceptors (Lipinski definition) is 4. The minimum atomic E-state index is -0.237. The van der Waals surface area contributed by atoms with E-state index in [9.17, 15) is 10.1 Å². The lowest BCUT2D eigenvalue weighted by Crippen LogP contribution is -2.12. The lowest BCUT2D eigenvalue weighted by Gasteiger charge is -2.09.